The zero-order valence-electron chi connectivity index (χ0n) is 24.3. The van der Waals surface area contributed by atoms with Gasteiger partial charge in [0.15, 0.2) is 11.0 Å². The number of sulfonamides is 1. The van der Waals surface area contributed by atoms with Crippen LogP contribution in [0.5, 0.6) is 5.75 Å². The third kappa shape index (κ3) is 8.21. The average molecular weight is 671 g/mol. The van der Waals surface area contributed by atoms with Gasteiger partial charge in [-0.2, -0.15) is 4.31 Å². The number of hydrogen-bond acceptors (Lipinski definition) is 9. The number of halogens is 1. The molecule has 2 N–H and O–H groups in total. The van der Waals surface area contributed by atoms with E-state index in [4.69, 9.17) is 21.1 Å². The summed E-state index contributed by atoms with van der Waals surface area (Å²) in [5, 5.41) is 15.1. The SMILES string of the molecule is CCOc1ccc(NC(=O)CSc2nnc(CNC(=O)c3ccc(S(=O)(=O)N4CCOCC4)cc3)n2-c2cccc(Cl)c2)cc1. The number of thioether (sulfide) groups is 1. The van der Waals surface area contributed by atoms with E-state index in [0.29, 0.717) is 52.9 Å². The molecule has 0 aliphatic carbocycles. The minimum absolute atomic E-state index is 0.00507. The van der Waals surface area contributed by atoms with Crippen LogP contribution in [0.2, 0.25) is 5.02 Å². The van der Waals surface area contributed by atoms with Crippen LogP contribution in [0.1, 0.15) is 23.1 Å². The van der Waals surface area contributed by atoms with Crippen molar-refractivity contribution in [2.45, 2.75) is 23.5 Å². The fourth-order valence-corrected chi connectivity index (χ4v) is 6.85. The van der Waals surface area contributed by atoms with Crippen molar-refractivity contribution < 1.29 is 27.5 Å². The van der Waals surface area contributed by atoms with E-state index in [1.54, 1.807) is 47.0 Å². The van der Waals surface area contributed by atoms with Crippen molar-refractivity contribution in [1.82, 2.24) is 24.4 Å². The van der Waals surface area contributed by atoms with Crippen LogP contribution in [0.3, 0.4) is 0 Å². The third-order valence-electron chi connectivity index (χ3n) is 6.68. The lowest BCUT2D eigenvalue weighted by Gasteiger charge is -2.26. The monoisotopic (exact) mass is 670 g/mol. The lowest BCUT2D eigenvalue weighted by molar-refractivity contribution is -0.113. The Morgan fingerprint density at radius 2 is 1.76 bits per heavy atom. The molecule has 1 saturated heterocycles. The van der Waals surface area contributed by atoms with Crippen LogP contribution in [-0.2, 0) is 26.1 Å². The van der Waals surface area contributed by atoms with Crippen molar-refractivity contribution in [3.63, 3.8) is 0 Å². The van der Waals surface area contributed by atoms with Gasteiger partial charge in [0.05, 0.1) is 42.7 Å². The van der Waals surface area contributed by atoms with Crippen LogP contribution < -0.4 is 15.4 Å². The molecule has 15 heteroatoms. The second-order valence-corrected chi connectivity index (χ2v) is 13.0. The van der Waals surface area contributed by atoms with Gasteiger partial charge in [0.1, 0.15) is 5.75 Å². The number of ether oxygens (including phenoxy) is 2. The second kappa shape index (κ2) is 14.9. The van der Waals surface area contributed by atoms with E-state index >= 15 is 0 Å². The lowest BCUT2D eigenvalue weighted by Crippen LogP contribution is -2.40. The molecule has 1 aliphatic rings. The van der Waals surface area contributed by atoms with Crippen molar-refractivity contribution in [3.8, 4) is 11.4 Å². The van der Waals surface area contributed by atoms with Crippen LogP contribution in [-0.4, -0.2) is 78.0 Å². The highest BCUT2D eigenvalue weighted by Crippen LogP contribution is 2.25. The van der Waals surface area contributed by atoms with Gasteiger partial charge in [0.2, 0.25) is 15.9 Å². The summed E-state index contributed by atoms with van der Waals surface area (Å²) in [4.78, 5) is 25.8. The molecule has 5 rings (SSSR count). The Kier molecular flexibility index (Phi) is 10.7. The smallest absolute Gasteiger partial charge is 0.251 e. The first-order valence-corrected chi connectivity index (χ1v) is 16.9. The highest BCUT2D eigenvalue weighted by molar-refractivity contribution is 7.99. The van der Waals surface area contributed by atoms with E-state index < -0.39 is 15.9 Å². The number of rotatable bonds is 12. The maximum atomic E-state index is 13.0. The maximum Gasteiger partial charge on any atom is 0.251 e. The number of amides is 2. The number of nitrogens with zero attached hydrogens (tertiary/aromatic N) is 4. The van der Waals surface area contributed by atoms with E-state index in [9.17, 15) is 18.0 Å². The molecule has 45 heavy (non-hydrogen) atoms. The van der Waals surface area contributed by atoms with Crippen molar-refractivity contribution in [2.75, 3.05) is 44.0 Å². The topological polar surface area (TPSA) is 145 Å². The van der Waals surface area contributed by atoms with Gasteiger partial charge in [-0.3, -0.25) is 14.2 Å². The van der Waals surface area contributed by atoms with Gasteiger partial charge < -0.3 is 20.1 Å². The lowest BCUT2D eigenvalue weighted by atomic mass is 10.2. The van der Waals surface area contributed by atoms with E-state index in [1.807, 2.05) is 13.0 Å². The largest absolute Gasteiger partial charge is 0.494 e. The summed E-state index contributed by atoms with van der Waals surface area (Å²) < 4.78 is 39.6. The summed E-state index contributed by atoms with van der Waals surface area (Å²) in [7, 11) is -3.68. The predicted molar refractivity (Wildman–Crippen MR) is 171 cm³/mol. The number of anilines is 1. The molecule has 0 radical (unpaired) electrons. The Balaban J connectivity index is 1.25. The van der Waals surface area contributed by atoms with Gasteiger partial charge in [0.25, 0.3) is 5.91 Å². The molecular formula is C30H31ClN6O6S2. The van der Waals surface area contributed by atoms with Gasteiger partial charge >= 0.3 is 0 Å². The zero-order chi connectivity index (χ0) is 31.8. The summed E-state index contributed by atoms with van der Waals surface area (Å²) in [6.07, 6.45) is 0. The summed E-state index contributed by atoms with van der Waals surface area (Å²) in [6, 6.07) is 19.9. The fraction of sp³-hybridized carbons (Fsp3) is 0.267. The number of carbonyl (C=O) groups excluding carboxylic acids is 2. The molecule has 0 spiro atoms. The second-order valence-electron chi connectivity index (χ2n) is 9.73. The first-order valence-electron chi connectivity index (χ1n) is 14.1. The molecule has 2 amide bonds. The molecular weight excluding hydrogens is 640 g/mol. The van der Waals surface area contributed by atoms with Gasteiger partial charge in [-0.1, -0.05) is 29.4 Å². The number of carbonyl (C=O) groups is 2. The van der Waals surface area contributed by atoms with Crippen LogP contribution in [0.15, 0.2) is 82.8 Å². The van der Waals surface area contributed by atoms with Gasteiger partial charge in [0, 0.05) is 29.4 Å². The fourth-order valence-electron chi connectivity index (χ4n) is 4.49. The Hall–Kier alpha value is -3.95. The molecule has 236 valence electrons. The Morgan fingerprint density at radius 1 is 1.02 bits per heavy atom. The van der Waals surface area contributed by atoms with Gasteiger partial charge in [-0.15, -0.1) is 10.2 Å². The van der Waals surface area contributed by atoms with Crippen molar-refractivity contribution >= 4 is 50.9 Å². The summed E-state index contributed by atoms with van der Waals surface area (Å²) in [5.74, 6) is 0.519. The summed E-state index contributed by atoms with van der Waals surface area (Å²) in [6.45, 7) is 3.71. The molecule has 0 bridgehead atoms. The number of aromatic nitrogens is 3. The first kappa shape index (κ1) is 32.4. The van der Waals surface area contributed by atoms with Crippen LogP contribution in [0.4, 0.5) is 5.69 Å². The normalized spacial score (nSPS) is 13.7. The zero-order valence-corrected chi connectivity index (χ0v) is 26.7. The Morgan fingerprint density at radius 3 is 2.44 bits per heavy atom. The number of morpholine rings is 1. The van der Waals surface area contributed by atoms with Crippen molar-refractivity contribution in [2.24, 2.45) is 0 Å². The minimum Gasteiger partial charge on any atom is -0.494 e. The molecule has 4 aromatic rings. The molecule has 0 unspecified atom stereocenters. The van der Waals surface area contributed by atoms with Crippen molar-refractivity contribution in [1.29, 1.82) is 0 Å². The molecule has 1 aromatic heterocycles. The van der Waals surface area contributed by atoms with Gasteiger partial charge in [-0.05, 0) is 73.7 Å². The third-order valence-corrected chi connectivity index (χ3v) is 9.76. The molecule has 1 aliphatic heterocycles. The van der Waals surface area contributed by atoms with Crippen LogP contribution >= 0.6 is 23.4 Å². The van der Waals surface area contributed by atoms with E-state index in [-0.39, 0.29) is 41.8 Å². The molecule has 3 aromatic carbocycles. The highest BCUT2D eigenvalue weighted by atomic mass is 35.5. The van der Waals surface area contributed by atoms with E-state index in [1.165, 1.54) is 40.3 Å². The van der Waals surface area contributed by atoms with E-state index in [2.05, 4.69) is 20.8 Å². The van der Waals surface area contributed by atoms with Gasteiger partial charge in [-0.25, -0.2) is 8.42 Å². The van der Waals surface area contributed by atoms with Crippen molar-refractivity contribution in [3.05, 3.63) is 89.2 Å². The Bertz CT molecular complexity index is 1740. The molecule has 1 fully saturated rings. The predicted octanol–water partition coefficient (Wildman–Crippen LogP) is 4.00. The molecule has 0 saturated carbocycles. The molecule has 2 heterocycles. The number of benzene rings is 3. The Labute approximate surface area is 270 Å². The average Bonchev–Trinajstić information content (AvgIpc) is 3.47. The quantitative estimate of drug-likeness (QED) is 0.214. The van der Waals surface area contributed by atoms with E-state index in [0.717, 1.165) is 0 Å². The summed E-state index contributed by atoms with van der Waals surface area (Å²) in [5.41, 5.74) is 1.57. The first-order chi connectivity index (χ1) is 21.7. The maximum absolute atomic E-state index is 13.0. The highest BCUT2D eigenvalue weighted by Gasteiger charge is 2.26. The standard InChI is InChI=1S/C30H31ClN6O6S2/c1-2-43-25-10-8-23(9-11-25)33-28(38)20-44-30-35-34-27(37(30)24-5-3-4-22(31)18-24)19-32-29(39)21-6-12-26(13-7-21)45(40,41)36-14-16-42-17-15-36/h3-13,18H,2,14-17,19-20H2,1H3,(H,32,39)(H,33,38). The number of hydrogen-bond donors (Lipinski definition) is 2. The minimum atomic E-state index is -3.68. The van der Waals surface area contributed by atoms with Crippen LogP contribution in [0, 0.1) is 0 Å². The molecule has 0 atom stereocenters. The molecule has 12 nitrogen and oxygen atoms in total. The van der Waals surface area contributed by atoms with Crippen LogP contribution in [0.25, 0.3) is 5.69 Å². The summed E-state index contributed by atoms with van der Waals surface area (Å²) >= 11 is 7.44. The number of nitrogens with one attached hydrogen (secondary N) is 2.